The Balaban J connectivity index is 2.08. The number of amides is 1. The SMILES string of the molecule is CCC1(C(=O)NC(C)c2sc(C)nc2C)CCCNC1. The Bertz CT molecular complexity index is 477. The molecule has 5 heteroatoms. The highest BCUT2D eigenvalue weighted by molar-refractivity contribution is 7.11. The normalized spacial score (nSPS) is 24.4. The lowest BCUT2D eigenvalue weighted by Crippen LogP contribution is -2.50. The van der Waals surface area contributed by atoms with E-state index in [4.69, 9.17) is 0 Å². The van der Waals surface area contributed by atoms with Gasteiger partial charge in [-0.05, 0) is 46.6 Å². The lowest BCUT2D eigenvalue weighted by molar-refractivity contribution is -0.133. The molecule has 112 valence electrons. The van der Waals surface area contributed by atoms with Crippen LogP contribution in [0.15, 0.2) is 0 Å². The summed E-state index contributed by atoms with van der Waals surface area (Å²) in [6, 6.07) is 0.0408. The average molecular weight is 295 g/mol. The van der Waals surface area contributed by atoms with E-state index in [1.807, 2.05) is 13.8 Å². The number of nitrogens with one attached hydrogen (secondary N) is 2. The Morgan fingerprint density at radius 1 is 1.55 bits per heavy atom. The fourth-order valence-electron chi connectivity index (χ4n) is 2.99. The highest BCUT2D eigenvalue weighted by Crippen LogP contribution is 2.32. The number of carbonyl (C=O) groups is 1. The first-order chi connectivity index (χ1) is 9.48. The molecular formula is C15H25N3OS. The Morgan fingerprint density at radius 3 is 2.80 bits per heavy atom. The fraction of sp³-hybridized carbons (Fsp3) is 0.733. The second kappa shape index (κ2) is 6.22. The maximum absolute atomic E-state index is 12.7. The van der Waals surface area contributed by atoms with Crippen LogP contribution in [0, 0.1) is 19.3 Å². The van der Waals surface area contributed by atoms with E-state index in [0.717, 1.165) is 43.1 Å². The van der Waals surface area contributed by atoms with Crippen molar-refractivity contribution in [3.05, 3.63) is 15.6 Å². The monoisotopic (exact) mass is 295 g/mol. The van der Waals surface area contributed by atoms with Gasteiger partial charge in [-0.3, -0.25) is 4.79 Å². The van der Waals surface area contributed by atoms with E-state index >= 15 is 0 Å². The molecule has 1 aromatic rings. The molecule has 0 bridgehead atoms. The van der Waals surface area contributed by atoms with Gasteiger partial charge in [-0.15, -0.1) is 11.3 Å². The maximum atomic E-state index is 12.7. The van der Waals surface area contributed by atoms with Gasteiger partial charge in [0.05, 0.1) is 22.2 Å². The van der Waals surface area contributed by atoms with Crippen molar-refractivity contribution in [3.8, 4) is 0 Å². The number of hydrogen-bond donors (Lipinski definition) is 2. The smallest absolute Gasteiger partial charge is 0.227 e. The molecule has 4 nitrogen and oxygen atoms in total. The average Bonchev–Trinajstić information content (AvgIpc) is 2.78. The van der Waals surface area contributed by atoms with Gasteiger partial charge in [-0.25, -0.2) is 4.98 Å². The van der Waals surface area contributed by atoms with Crippen LogP contribution in [0.4, 0.5) is 0 Å². The molecule has 2 heterocycles. The van der Waals surface area contributed by atoms with Crippen LogP contribution in [0.1, 0.15) is 54.7 Å². The lowest BCUT2D eigenvalue weighted by Gasteiger charge is -2.36. The number of aromatic nitrogens is 1. The molecule has 1 aromatic heterocycles. The van der Waals surface area contributed by atoms with Gasteiger partial charge in [0.1, 0.15) is 0 Å². The summed E-state index contributed by atoms with van der Waals surface area (Å²) in [6.45, 7) is 10.0. The van der Waals surface area contributed by atoms with E-state index in [1.54, 1.807) is 11.3 Å². The van der Waals surface area contributed by atoms with E-state index in [9.17, 15) is 4.79 Å². The summed E-state index contributed by atoms with van der Waals surface area (Å²) >= 11 is 1.68. The second-order valence-corrected chi connectivity index (χ2v) is 7.03. The van der Waals surface area contributed by atoms with Crippen molar-refractivity contribution in [1.82, 2.24) is 15.6 Å². The van der Waals surface area contributed by atoms with Gasteiger partial charge >= 0.3 is 0 Å². The van der Waals surface area contributed by atoms with Crippen molar-refractivity contribution in [1.29, 1.82) is 0 Å². The summed E-state index contributed by atoms with van der Waals surface area (Å²) in [4.78, 5) is 18.3. The van der Waals surface area contributed by atoms with Crippen molar-refractivity contribution < 1.29 is 4.79 Å². The highest BCUT2D eigenvalue weighted by atomic mass is 32.1. The molecule has 0 radical (unpaired) electrons. The van der Waals surface area contributed by atoms with E-state index in [2.05, 4.69) is 29.5 Å². The third-order valence-corrected chi connectivity index (χ3v) is 5.57. The third-order valence-electron chi connectivity index (χ3n) is 4.31. The standard InChI is InChI=1S/C15H25N3OS/c1-5-15(7-6-8-16-9-15)14(19)18-11(3)13-10(2)17-12(4)20-13/h11,16H,5-9H2,1-4H3,(H,18,19). The molecule has 1 aliphatic rings. The molecule has 2 rings (SSSR count). The number of thiazole rings is 1. The minimum atomic E-state index is -0.236. The molecular weight excluding hydrogens is 270 g/mol. The molecule has 2 unspecified atom stereocenters. The van der Waals surface area contributed by atoms with Gasteiger partial charge in [0.15, 0.2) is 0 Å². The first kappa shape index (κ1) is 15.4. The number of nitrogens with zero attached hydrogens (tertiary/aromatic N) is 1. The number of carbonyl (C=O) groups excluding carboxylic acids is 1. The third kappa shape index (κ3) is 3.04. The van der Waals surface area contributed by atoms with Crippen LogP contribution in [0.5, 0.6) is 0 Å². The summed E-state index contributed by atoms with van der Waals surface area (Å²) in [5.74, 6) is 0.185. The molecule has 1 amide bonds. The Morgan fingerprint density at radius 2 is 2.30 bits per heavy atom. The topological polar surface area (TPSA) is 54.0 Å². The van der Waals surface area contributed by atoms with Crippen LogP contribution in [0.3, 0.4) is 0 Å². The first-order valence-electron chi connectivity index (χ1n) is 7.44. The van der Waals surface area contributed by atoms with Crippen LogP contribution in [-0.2, 0) is 4.79 Å². The summed E-state index contributed by atoms with van der Waals surface area (Å²) < 4.78 is 0. The summed E-state index contributed by atoms with van der Waals surface area (Å²) in [6.07, 6.45) is 2.95. The van der Waals surface area contributed by atoms with Crippen molar-refractivity contribution in [3.63, 3.8) is 0 Å². The Kier molecular flexibility index (Phi) is 4.81. The second-order valence-electron chi connectivity index (χ2n) is 5.79. The number of piperidine rings is 1. The van der Waals surface area contributed by atoms with Crippen LogP contribution in [0.2, 0.25) is 0 Å². The van der Waals surface area contributed by atoms with Crippen molar-refractivity contribution >= 4 is 17.2 Å². The quantitative estimate of drug-likeness (QED) is 0.898. The van der Waals surface area contributed by atoms with Gasteiger partial charge in [-0.1, -0.05) is 6.92 Å². The van der Waals surface area contributed by atoms with Gasteiger partial charge in [0.2, 0.25) is 5.91 Å². The zero-order valence-electron chi connectivity index (χ0n) is 12.9. The predicted octanol–water partition coefficient (Wildman–Crippen LogP) is 2.72. The molecule has 1 aliphatic heterocycles. The minimum absolute atomic E-state index is 0.0408. The van der Waals surface area contributed by atoms with Gasteiger partial charge in [-0.2, -0.15) is 0 Å². The zero-order valence-corrected chi connectivity index (χ0v) is 13.7. The molecule has 0 saturated carbocycles. The van der Waals surface area contributed by atoms with Crippen molar-refractivity contribution in [2.75, 3.05) is 13.1 Å². The van der Waals surface area contributed by atoms with Crippen LogP contribution in [-0.4, -0.2) is 24.0 Å². The number of hydrogen-bond acceptors (Lipinski definition) is 4. The summed E-state index contributed by atoms with van der Waals surface area (Å²) in [7, 11) is 0. The van der Waals surface area contributed by atoms with Crippen LogP contribution >= 0.6 is 11.3 Å². The summed E-state index contributed by atoms with van der Waals surface area (Å²) in [5, 5.41) is 7.63. The molecule has 0 aliphatic carbocycles. The van der Waals surface area contributed by atoms with Crippen molar-refractivity contribution in [2.45, 2.75) is 53.0 Å². The van der Waals surface area contributed by atoms with Gasteiger partial charge in [0.25, 0.3) is 0 Å². The number of rotatable bonds is 4. The largest absolute Gasteiger partial charge is 0.348 e. The van der Waals surface area contributed by atoms with Crippen molar-refractivity contribution in [2.24, 2.45) is 5.41 Å². The van der Waals surface area contributed by atoms with E-state index in [0.29, 0.717) is 0 Å². The minimum Gasteiger partial charge on any atom is -0.348 e. The molecule has 1 saturated heterocycles. The Labute approximate surface area is 125 Å². The molecule has 0 aromatic carbocycles. The van der Waals surface area contributed by atoms with Gasteiger partial charge in [0, 0.05) is 11.4 Å². The maximum Gasteiger partial charge on any atom is 0.227 e. The summed E-state index contributed by atoms with van der Waals surface area (Å²) in [5.41, 5.74) is 0.799. The Hall–Kier alpha value is -0.940. The van der Waals surface area contributed by atoms with E-state index < -0.39 is 0 Å². The molecule has 1 fully saturated rings. The molecule has 2 N–H and O–H groups in total. The molecule has 2 atom stereocenters. The first-order valence-corrected chi connectivity index (χ1v) is 8.26. The fourth-order valence-corrected chi connectivity index (χ4v) is 3.92. The number of aryl methyl sites for hydroxylation is 2. The van der Waals surface area contributed by atoms with E-state index in [-0.39, 0.29) is 17.4 Å². The van der Waals surface area contributed by atoms with Gasteiger partial charge < -0.3 is 10.6 Å². The van der Waals surface area contributed by atoms with Crippen LogP contribution in [0.25, 0.3) is 0 Å². The van der Waals surface area contributed by atoms with Crippen LogP contribution < -0.4 is 10.6 Å². The predicted molar refractivity (Wildman–Crippen MR) is 83.0 cm³/mol. The zero-order chi connectivity index (χ0) is 14.8. The molecule has 20 heavy (non-hydrogen) atoms. The lowest BCUT2D eigenvalue weighted by atomic mass is 9.77. The highest BCUT2D eigenvalue weighted by Gasteiger charge is 2.38. The van der Waals surface area contributed by atoms with E-state index in [1.165, 1.54) is 4.88 Å². The molecule has 0 spiro atoms.